The lowest BCUT2D eigenvalue weighted by Gasteiger charge is -2.03. The lowest BCUT2D eigenvalue weighted by molar-refractivity contribution is -0.122. The molecule has 0 spiro atoms. The van der Waals surface area contributed by atoms with Gasteiger partial charge in [0.05, 0.1) is 6.04 Å². The van der Waals surface area contributed by atoms with E-state index in [4.69, 9.17) is 0 Å². The molecule has 0 aromatic heterocycles. The summed E-state index contributed by atoms with van der Waals surface area (Å²) in [7, 11) is 0. The third-order valence-corrected chi connectivity index (χ3v) is 1.73. The van der Waals surface area contributed by atoms with Gasteiger partial charge in [-0.05, 0) is 6.42 Å². The van der Waals surface area contributed by atoms with Gasteiger partial charge < -0.3 is 5.32 Å². The first kappa shape index (κ1) is 7.25. The van der Waals surface area contributed by atoms with Gasteiger partial charge in [0, 0.05) is 5.92 Å². The van der Waals surface area contributed by atoms with Crippen molar-refractivity contribution in [1.29, 1.82) is 0 Å². The van der Waals surface area contributed by atoms with E-state index in [1.54, 1.807) is 6.92 Å². The molecule has 1 aliphatic heterocycles. The molecule has 10 heavy (non-hydrogen) atoms. The SMILES string of the molecule is C=C(F)[C@H]1C[C@@H](C)C(=O)N1. The summed E-state index contributed by atoms with van der Waals surface area (Å²) in [6, 6.07) is -0.442. The van der Waals surface area contributed by atoms with E-state index in [0.29, 0.717) is 6.42 Å². The maximum Gasteiger partial charge on any atom is 0.223 e. The lowest BCUT2D eigenvalue weighted by atomic mass is 10.1. The Balaban J connectivity index is 2.57. The summed E-state index contributed by atoms with van der Waals surface area (Å²) in [6.45, 7) is 4.90. The zero-order chi connectivity index (χ0) is 7.72. The Hall–Kier alpha value is -0.860. The van der Waals surface area contributed by atoms with Crippen LogP contribution in [0.3, 0.4) is 0 Å². The molecule has 1 heterocycles. The molecule has 0 radical (unpaired) electrons. The summed E-state index contributed by atoms with van der Waals surface area (Å²) in [5, 5.41) is 2.49. The Bertz CT molecular complexity index is 178. The van der Waals surface area contributed by atoms with Crippen molar-refractivity contribution in [3.8, 4) is 0 Å². The van der Waals surface area contributed by atoms with E-state index in [1.807, 2.05) is 0 Å². The Morgan fingerprint density at radius 1 is 1.90 bits per heavy atom. The van der Waals surface area contributed by atoms with Crippen molar-refractivity contribution in [2.45, 2.75) is 19.4 Å². The van der Waals surface area contributed by atoms with Gasteiger partial charge in [-0.15, -0.1) is 0 Å². The number of amides is 1. The molecule has 0 saturated carbocycles. The fourth-order valence-electron chi connectivity index (χ4n) is 1.04. The van der Waals surface area contributed by atoms with Crippen LogP contribution in [0.5, 0.6) is 0 Å². The lowest BCUT2D eigenvalue weighted by Crippen LogP contribution is -2.26. The molecular formula is C7H10FNO. The normalized spacial score (nSPS) is 32.0. The fraction of sp³-hybridized carbons (Fsp3) is 0.571. The van der Waals surface area contributed by atoms with Crippen LogP contribution in [0.25, 0.3) is 0 Å². The third-order valence-electron chi connectivity index (χ3n) is 1.73. The third kappa shape index (κ3) is 1.17. The van der Waals surface area contributed by atoms with Crippen molar-refractivity contribution in [2.24, 2.45) is 5.92 Å². The van der Waals surface area contributed by atoms with Crippen LogP contribution in [0.15, 0.2) is 12.4 Å². The van der Waals surface area contributed by atoms with E-state index in [9.17, 15) is 9.18 Å². The highest BCUT2D eigenvalue weighted by atomic mass is 19.1. The molecule has 1 aliphatic rings. The number of nitrogens with one attached hydrogen (secondary N) is 1. The molecule has 1 amide bonds. The molecule has 0 aliphatic carbocycles. The minimum atomic E-state index is -0.447. The molecule has 1 fully saturated rings. The molecule has 0 aromatic carbocycles. The predicted molar refractivity (Wildman–Crippen MR) is 36.0 cm³/mol. The van der Waals surface area contributed by atoms with Crippen LogP contribution in [-0.4, -0.2) is 11.9 Å². The molecule has 2 nitrogen and oxygen atoms in total. The first-order chi connectivity index (χ1) is 4.61. The fourth-order valence-corrected chi connectivity index (χ4v) is 1.04. The number of halogens is 1. The molecule has 1 saturated heterocycles. The van der Waals surface area contributed by atoms with E-state index >= 15 is 0 Å². The first-order valence-corrected chi connectivity index (χ1v) is 3.26. The minimum Gasteiger partial charge on any atom is -0.347 e. The van der Waals surface area contributed by atoms with E-state index in [0.717, 1.165) is 0 Å². The van der Waals surface area contributed by atoms with Crippen LogP contribution >= 0.6 is 0 Å². The van der Waals surface area contributed by atoms with Crippen molar-refractivity contribution >= 4 is 5.91 Å². The smallest absolute Gasteiger partial charge is 0.223 e. The zero-order valence-corrected chi connectivity index (χ0v) is 5.86. The Labute approximate surface area is 59.1 Å². The van der Waals surface area contributed by atoms with E-state index in [2.05, 4.69) is 11.9 Å². The van der Waals surface area contributed by atoms with Gasteiger partial charge in [0.15, 0.2) is 0 Å². The standard InChI is InChI=1S/C7H10FNO/c1-4-3-6(5(2)8)9-7(4)10/h4,6H,2-3H2,1H3,(H,9,10)/t4-,6-/m1/s1. The molecule has 1 N–H and O–H groups in total. The quantitative estimate of drug-likeness (QED) is 0.582. The average molecular weight is 143 g/mol. The number of carbonyl (C=O) groups excluding carboxylic acids is 1. The van der Waals surface area contributed by atoms with Crippen LogP contribution < -0.4 is 5.32 Å². The summed E-state index contributed by atoms with van der Waals surface area (Å²) in [6.07, 6.45) is 0.536. The van der Waals surface area contributed by atoms with E-state index < -0.39 is 11.9 Å². The number of hydrogen-bond acceptors (Lipinski definition) is 1. The summed E-state index contributed by atoms with van der Waals surface area (Å²) in [5.74, 6) is -0.598. The highest BCUT2D eigenvalue weighted by molar-refractivity contribution is 5.81. The second-order valence-electron chi connectivity index (χ2n) is 2.64. The van der Waals surface area contributed by atoms with E-state index in [-0.39, 0.29) is 11.8 Å². The van der Waals surface area contributed by atoms with Gasteiger partial charge in [-0.1, -0.05) is 13.5 Å². The highest BCUT2D eigenvalue weighted by Crippen LogP contribution is 2.19. The highest BCUT2D eigenvalue weighted by Gasteiger charge is 2.29. The van der Waals surface area contributed by atoms with Gasteiger partial charge in [-0.25, -0.2) is 4.39 Å². The molecule has 0 aromatic rings. The van der Waals surface area contributed by atoms with Crippen LogP contribution in [0.4, 0.5) is 4.39 Å². The van der Waals surface area contributed by atoms with Crippen LogP contribution in [0.2, 0.25) is 0 Å². The van der Waals surface area contributed by atoms with Gasteiger partial charge in [0.2, 0.25) is 5.91 Å². The molecule has 3 heteroatoms. The first-order valence-electron chi connectivity index (χ1n) is 3.26. The van der Waals surface area contributed by atoms with Gasteiger partial charge >= 0.3 is 0 Å². The second kappa shape index (κ2) is 2.40. The number of hydrogen-bond donors (Lipinski definition) is 1. The topological polar surface area (TPSA) is 29.1 Å². The van der Waals surface area contributed by atoms with Crippen LogP contribution in [0.1, 0.15) is 13.3 Å². The minimum absolute atomic E-state index is 0.0718. The summed E-state index contributed by atoms with van der Waals surface area (Å²) >= 11 is 0. The Kier molecular flexibility index (Phi) is 1.74. The Morgan fingerprint density at radius 3 is 2.70 bits per heavy atom. The number of carbonyl (C=O) groups is 1. The van der Waals surface area contributed by atoms with Gasteiger partial charge in [0.25, 0.3) is 0 Å². The van der Waals surface area contributed by atoms with Crippen molar-refractivity contribution in [3.63, 3.8) is 0 Å². The summed E-state index contributed by atoms with van der Waals surface area (Å²) in [4.78, 5) is 10.8. The van der Waals surface area contributed by atoms with Crippen molar-refractivity contribution in [2.75, 3.05) is 0 Å². The van der Waals surface area contributed by atoms with Crippen LogP contribution in [-0.2, 0) is 4.79 Å². The molecule has 0 bridgehead atoms. The van der Waals surface area contributed by atoms with E-state index in [1.165, 1.54) is 0 Å². The number of rotatable bonds is 1. The van der Waals surface area contributed by atoms with Gasteiger partial charge in [-0.3, -0.25) is 4.79 Å². The maximum atomic E-state index is 12.3. The second-order valence-corrected chi connectivity index (χ2v) is 2.64. The summed E-state index contributed by atoms with van der Waals surface area (Å²) in [5.41, 5.74) is 0. The molecule has 2 atom stereocenters. The average Bonchev–Trinajstić information content (AvgIpc) is 2.13. The Morgan fingerprint density at radius 2 is 2.50 bits per heavy atom. The van der Waals surface area contributed by atoms with Gasteiger partial charge in [-0.2, -0.15) is 0 Å². The molecule has 56 valence electrons. The largest absolute Gasteiger partial charge is 0.347 e. The van der Waals surface area contributed by atoms with Crippen molar-refractivity contribution in [1.82, 2.24) is 5.32 Å². The maximum absolute atomic E-state index is 12.3. The molecular weight excluding hydrogens is 133 g/mol. The molecule has 0 unspecified atom stereocenters. The van der Waals surface area contributed by atoms with Crippen LogP contribution in [0, 0.1) is 5.92 Å². The summed E-state index contributed by atoms with van der Waals surface area (Å²) < 4.78 is 12.3. The monoisotopic (exact) mass is 143 g/mol. The van der Waals surface area contributed by atoms with Gasteiger partial charge in [0.1, 0.15) is 5.83 Å². The zero-order valence-electron chi connectivity index (χ0n) is 5.86. The van der Waals surface area contributed by atoms with Crippen molar-refractivity contribution in [3.05, 3.63) is 12.4 Å². The van der Waals surface area contributed by atoms with Crippen molar-refractivity contribution < 1.29 is 9.18 Å². The molecule has 1 rings (SSSR count). The predicted octanol–water partition coefficient (Wildman–Crippen LogP) is 0.994.